The molecule has 2 nitrogen and oxygen atoms in total. The highest BCUT2D eigenvalue weighted by molar-refractivity contribution is 6.09. The van der Waals surface area contributed by atoms with Gasteiger partial charge in [0, 0.05) is 16.7 Å². The van der Waals surface area contributed by atoms with Gasteiger partial charge >= 0.3 is 0 Å². The molecule has 0 unspecified atom stereocenters. The molecule has 0 fully saturated rings. The average Bonchev–Trinajstić information content (AvgIpc) is 2.42. The minimum atomic E-state index is -0.0404. The molecule has 0 aliphatic heterocycles. The average molecular weight is 238 g/mol. The molecule has 0 aliphatic carbocycles. The number of phenols is 1. The van der Waals surface area contributed by atoms with Crippen molar-refractivity contribution < 1.29 is 9.90 Å². The summed E-state index contributed by atoms with van der Waals surface area (Å²) in [4.78, 5) is 12.2. The molecule has 0 aliphatic rings. The minimum absolute atomic E-state index is 0.0404. The minimum Gasteiger partial charge on any atom is -0.507 e. The third-order valence-electron chi connectivity index (χ3n) is 2.67. The van der Waals surface area contributed by atoms with Crippen LogP contribution in [-0.4, -0.2) is 10.9 Å². The normalized spacial score (nSPS) is 10.7. The number of benzene rings is 2. The van der Waals surface area contributed by atoms with Crippen LogP contribution in [0.2, 0.25) is 0 Å². The second-order valence-electron chi connectivity index (χ2n) is 3.97. The molecule has 18 heavy (non-hydrogen) atoms. The van der Waals surface area contributed by atoms with Crippen LogP contribution in [0.4, 0.5) is 0 Å². The molecule has 0 radical (unpaired) electrons. The highest BCUT2D eigenvalue weighted by Crippen LogP contribution is 2.21. The highest BCUT2D eigenvalue weighted by atomic mass is 16.3. The largest absolute Gasteiger partial charge is 0.507 e. The van der Waals surface area contributed by atoms with Gasteiger partial charge in [0.2, 0.25) is 0 Å². The first-order valence-corrected chi connectivity index (χ1v) is 5.78. The second kappa shape index (κ2) is 5.32. The van der Waals surface area contributed by atoms with Crippen molar-refractivity contribution in [3.8, 4) is 5.75 Å². The van der Waals surface area contributed by atoms with E-state index in [-0.39, 0.29) is 11.5 Å². The Kier molecular flexibility index (Phi) is 3.58. The van der Waals surface area contributed by atoms with Crippen LogP contribution in [0, 0.1) is 0 Å². The number of carbonyl (C=O) groups is 1. The van der Waals surface area contributed by atoms with E-state index in [1.165, 1.54) is 0 Å². The fraction of sp³-hybridized carbons (Fsp3) is 0.0625. The molecule has 2 aromatic rings. The molecule has 0 amide bonds. The summed E-state index contributed by atoms with van der Waals surface area (Å²) in [6.07, 6.45) is 3.60. The van der Waals surface area contributed by atoms with Gasteiger partial charge in [-0.1, -0.05) is 42.5 Å². The molecule has 2 rings (SSSR count). The molecule has 1 N–H and O–H groups in total. The lowest BCUT2D eigenvalue weighted by Crippen LogP contribution is -2.01. The third-order valence-corrected chi connectivity index (χ3v) is 2.67. The number of rotatable bonds is 3. The molecule has 0 aromatic heterocycles. The maximum absolute atomic E-state index is 12.2. The van der Waals surface area contributed by atoms with Gasteiger partial charge in [0.1, 0.15) is 5.75 Å². The Bertz CT molecular complexity index is 583. The van der Waals surface area contributed by atoms with Crippen LogP contribution >= 0.6 is 0 Å². The standard InChI is InChI=1S/C16H14O2/c1-2-6-13-11-14(9-10-15(13)17)16(18)12-7-4-3-5-8-12/h2-11,17H,1H3. The fourth-order valence-corrected chi connectivity index (χ4v) is 1.77. The SMILES string of the molecule is CC=Cc1cc(C(=O)c2ccccc2)ccc1O. The molecule has 0 saturated carbocycles. The Balaban J connectivity index is 2.40. The van der Waals surface area contributed by atoms with Crippen molar-refractivity contribution in [1.29, 1.82) is 0 Å². The first-order valence-electron chi connectivity index (χ1n) is 5.78. The number of ketones is 1. The van der Waals surface area contributed by atoms with E-state index in [0.29, 0.717) is 16.7 Å². The van der Waals surface area contributed by atoms with E-state index in [4.69, 9.17) is 0 Å². The monoisotopic (exact) mass is 238 g/mol. The molecular weight excluding hydrogens is 224 g/mol. The van der Waals surface area contributed by atoms with Gasteiger partial charge < -0.3 is 5.11 Å². The van der Waals surface area contributed by atoms with E-state index >= 15 is 0 Å². The summed E-state index contributed by atoms with van der Waals surface area (Å²) in [5, 5.41) is 9.66. The zero-order chi connectivity index (χ0) is 13.0. The molecule has 0 atom stereocenters. The lowest BCUT2D eigenvalue weighted by molar-refractivity contribution is 0.103. The van der Waals surface area contributed by atoms with Gasteiger partial charge in [0.15, 0.2) is 5.78 Å². The number of aromatic hydroxyl groups is 1. The van der Waals surface area contributed by atoms with Gasteiger partial charge in [-0.15, -0.1) is 0 Å². The van der Waals surface area contributed by atoms with E-state index < -0.39 is 0 Å². The summed E-state index contributed by atoms with van der Waals surface area (Å²) in [6, 6.07) is 14.0. The van der Waals surface area contributed by atoms with Crippen LogP contribution in [0.15, 0.2) is 54.6 Å². The van der Waals surface area contributed by atoms with Crippen molar-refractivity contribution in [3.05, 3.63) is 71.3 Å². The smallest absolute Gasteiger partial charge is 0.193 e. The number of hydrogen-bond acceptors (Lipinski definition) is 2. The predicted octanol–water partition coefficient (Wildman–Crippen LogP) is 3.66. The maximum Gasteiger partial charge on any atom is 0.193 e. The Labute approximate surface area is 106 Å². The Hall–Kier alpha value is -2.35. The Morgan fingerprint density at radius 1 is 1.06 bits per heavy atom. The number of phenolic OH excluding ortho intramolecular Hbond substituents is 1. The third kappa shape index (κ3) is 2.48. The van der Waals surface area contributed by atoms with Gasteiger partial charge in [-0.2, -0.15) is 0 Å². The highest BCUT2D eigenvalue weighted by Gasteiger charge is 2.10. The quantitative estimate of drug-likeness (QED) is 0.828. The zero-order valence-electron chi connectivity index (χ0n) is 10.1. The van der Waals surface area contributed by atoms with Gasteiger partial charge in [-0.05, 0) is 25.1 Å². The molecule has 90 valence electrons. The Morgan fingerprint density at radius 3 is 2.44 bits per heavy atom. The number of allylic oxidation sites excluding steroid dienone is 1. The lowest BCUT2D eigenvalue weighted by Gasteiger charge is -2.04. The maximum atomic E-state index is 12.2. The fourth-order valence-electron chi connectivity index (χ4n) is 1.77. The van der Waals surface area contributed by atoms with E-state index in [0.717, 1.165) is 0 Å². The number of hydrogen-bond donors (Lipinski definition) is 1. The molecule has 0 saturated heterocycles. The molecule has 0 spiro atoms. The van der Waals surface area contributed by atoms with Crippen molar-refractivity contribution in [2.24, 2.45) is 0 Å². The van der Waals surface area contributed by atoms with Crippen LogP contribution in [0.3, 0.4) is 0 Å². The van der Waals surface area contributed by atoms with Crippen molar-refractivity contribution in [1.82, 2.24) is 0 Å². The van der Waals surface area contributed by atoms with E-state index in [2.05, 4.69) is 0 Å². The molecule has 2 heteroatoms. The van der Waals surface area contributed by atoms with Crippen LogP contribution in [0.1, 0.15) is 28.4 Å². The zero-order valence-corrected chi connectivity index (χ0v) is 10.1. The van der Waals surface area contributed by atoms with Crippen molar-refractivity contribution in [3.63, 3.8) is 0 Å². The van der Waals surface area contributed by atoms with Gasteiger partial charge in [-0.25, -0.2) is 0 Å². The second-order valence-corrected chi connectivity index (χ2v) is 3.97. The van der Waals surface area contributed by atoms with Crippen molar-refractivity contribution >= 4 is 11.9 Å². The summed E-state index contributed by atoms with van der Waals surface area (Å²) >= 11 is 0. The van der Waals surface area contributed by atoms with E-state index in [1.807, 2.05) is 31.2 Å². The van der Waals surface area contributed by atoms with Crippen LogP contribution in [-0.2, 0) is 0 Å². The van der Waals surface area contributed by atoms with Crippen LogP contribution in [0.5, 0.6) is 5.75 Å². The van der Waals surface area contributed by atoms with Gasteiger partial charge in [-0.3, -0.25) is 4.79 Å². The van der Waals surface area contributed by atoms with Crippen molar-refractivity contribution in [2.45, 2.75) is 6.92 Å². The Morgan fingerprint density at radius 2 is 1.78 bits per heavy atom. The van der Waals surface area contributed by atoms with Crippen molar-refractivity contribution in [2.75, 3.05) is 0 Å². The molecule has 0 bridgehead atoms. The lowest BCUT2D eigenvalue weighted by atomic mass is 10.0. The van der Waals surface area contributed by atoms with E-state index in [1.54, 1.807) is 36.4 Å². The van der Waals surface area contributed by atoms with Crippen LogP contribution < -0.4 is 0 Å². The van der Waals surface area contributed by atoms with E-state index in [9.17, 15) is 9.90 Å². The van der Waals surface area contributed by atoms with Gasteiger partial charge in [0.25, 0.3) is 0 Å². The summed E-state index contributed by atoms with van der Waals surface area (Å²) in [5.74, 6) is 0.138. The summed E-state index contributed by atoms with van der Waals surface area (Å²) in [7, 11) is 0. The first-order chi connectivity index (χ1) is 8.72. The topological polar surface area (TPSA) is 37.3 Å². The number of carbonyl (C=O) groups excluding carboxylic acids is 1. The first kappa shape index (κ1) is 12.1. The molecular formula is C16H14O2. The van der Waals surface area contributed by atoms with Gasteiger partial charge in [0.05, 0.1) is 0 Å². The van der Waals surface area contributed by atoms with Crippen LogP contribution in [0.25, 0.3) is 6.08 Å². The predicted molar refractivity (Wildman–Crippen MR) is 72.7 cm³/mol. The molecule has 2 aromatic carbocycles. The summed E-state index contributed by atoms with van der Waals surface area (Å²) < 4.78 is 0. The summed E-state index contributed by atoms with van der Waals surface area (Å²) in [6.45, 7) is 1.87. The molecule has 0 heterocycles. The summed E-state index contributed by atoms with van der Waals surface area (Å²) in [5.41, 5.74) is 1.88.